The zero-order chi connectivity index (χ0) is 15.9. The highest BCUT2D eigenvalue weighted by atomic mass is 19.4. The fourth-order valence-electron chi connectivity index (χ4n) is 1.88. The minimum Gasteiger partial charge on any atom is -0.462 e. The Morgan fingerprint density at radius 1 is 1.29 bits per heavy atom. The van der Waals surface area contributed by atoms with E-state index in [-0.39, 0.29) is 18.4 Å². The van der Waals surface area contributed by atoms with Crippen LogP contribution in [0, 0.1) is 0 Å². The van der Waals surface area contributed by atoms with Crippen molar-refractivity contribution in [1.29, 1.82) is 0 Å². The van der Waals surface area contributed by atoms with E-state index in [4.69, 9.17) is 4.74 Å². The van der Waals surface area contributed by atoms with Gasteiger partial charge in [0.05, 0.1) is 12.2 Å². The molecule has 0 amide bonds. The van der Waals surface area contributed by atoms with Gasteiger partial charge >= 0.3 is 12.1 Å². The van der Waals surface area contributed by atoms with Crippen LogP contribution in [-0.4, -0.2) is 24.8 Å². The summed E-state index contributed by atoms with van der Waals surface area (Å²) >= 11 is 0. The van der Waals surface area contributed by atoms with Crippen LogP contribution in [0.2, 0.25) is 0 Å². The highest BCUT2D eigenvalue weighted by molar-refractivity contribution is 5.89. The average molecular weight is 303 g/mol. The first-order valence-corrected chi connectivity index (χ1v) is 6.92. The van der Waals surface area contributed by atoms with Crippen molar-refractivity contribution >= 4 is 11.7 Å². The lowest BCUT2D eigenvalue weighted by atomic mass is 10.1. The highest BCUT2D eigenvalue weighted by Gasteiger charge is 2.26. The van der Waals surface area contributed by atoms with Crippen LogP contribution in [0.1, 0.15) is 43.5 Å². The number of benzene rings is 1. The number of esters is 1. The van der Waals surface area contributed by atoms with Crippen molar-refractivity contribution in [3.63, 3.8) is 0 Å². The second kappa shape index (κ2) is 7.90. The molecule has 1 aromatic rings. The Bertz CT molecular complexity index is 443. The maximum Gasteiger partial charge on any atom is 0.389 e. The monoisotopic (exact) mass is 303 g/mol. The van der Waals surface area contributed by atoms with Crippen molar-refractivity contribution in [1.82, 2.24) is 0 Å². The summed E-state index contributed by atoms with van der Waals surface area (Å²) in [6, 6.07) is 6.62. The first kappa shape index (κ1) is 17.3. The Kier molecular flexibility index (Phi) is 6.52. The van der Waals surface area contributed by atoms with E-state index in [1.165, 1.54) is 0 Å². The first-order valence-electron chi connectivity index (χ1n) is 6.92. The van der Waals surface area contributed by atoms with Gasteiger partial charge < -0.3 is 10.1 Å². The summed E-state index contributed by atoms with van der Waals surface area (Å²) in [5.74, 6) is -0.387. The van der Waals surface area contributed by atoms with E-state index < -0.39 is 12.6 Å². The molecule has 0 bridgehead atoms. The van der Waals surface area contributed by atoms with E-state index in [1.807, 2.05) is 6.92 Å². The van der Waals surface area contributed by atoms with Gasteiger partial charge in [0.25, 0.3) is 0 Å². The molecular weight excluding hydrogens is 283 g/mol. The van der Waals surface area contributed by atoms with Crippen molar-refractivity contribution in [2.24, 2.45) is 0 Å². The van der Waals surface area contributed by atoms with Crippen LogP contribution in [0.3, 0.4) is 0 Å². The predicted molar refractivity (Wildman–Crippen MR) is 75.4 cm³/mol. The van der Waals surface area contributed by atoms with Gasteiger partial charge in [0, 0.05) is 18.2 Å². The van der Waals surface area contributed by atoms with E-state index in [2.05, 4.69) is 5.32 Å². The normalized spacial score (nSPS) is 12.8. The third-order valence-corrected chi connectivity index (χ3v) is 2.91. The Hall–Kier alpha value is -1.72. The molecule has 0 fully saturated rings. The minimum atomic E-state index is -4.10. The van der Waals surface area contributed by atoms with Crippen LogP contribution >= 0.6 is 0 Å². The second-order valence-electron chi connectivity index (χ2n) is 4.85. The van der Waals surface area contributed by atoms with E-state index in [9.17, 15) is 18.0 Å². The van der Waals surface area contributed by atoms with Crippen LogP contribution in [0.25, 0.3) is 0 Å². The third kappa shape index (κ3) is 7.02. The molecule has 0 aliphatic heterocycles. The molecule has 21 heavy (non-hydrogen) atoms. The van der Waals surface area contributed by atoms with Crippen LogP contribution in [0.15, 0.2) is 24.3 Å². The third-order valence-electron chi connectivity index (χ3n) is 2.91. The van der Waals surface area contributed by atoms with E-state index in [0.29, 0.717) is 18.6 Å². The molecule has 0 saturated carbocycles. The van der Waals surface area contributed by atoms with Gasteiger partial charge in [0.15, 0.2) is 0 Å². The number of rotatable bonds is 7. The Morgan fingerprint density at radius 3 is 2.43 bits per heavy atom. The lowest BCUT2D eigenvalue weighted by Gasteiger charge is -2.16. The summed E-state index contributed by atoms with van der Waals surface area (Å²) in [7, 11) is 0. The van der Waals surface area contributed by atoms with Crippen LogP contribution in [0.5, 0.6) is 0 Å². The predicted octanol–water partition coefficient (Wildman–Crippen LogP) is 4.40. The number of hydrogen-bond acceptors (Lipinski definition) is 3. The molecule has 118 valence electrons. The summed E-state index contributed by atoms with van der Waals surface area (Å²) in [6.07, 6.45) is -4.33. The molecule has 1 unspecified atom stereocenters. The Balaban J connectivity index is 2.42. The molecule has 0 heterocycles. The van der Waals surface area contributed by atoms with Crippen molar-refractivity contribution in [3.8, 4) is 0 Å². The van der Waals surface area contributed by atoms with Crippen LogP contribution < -0.4 is 5.32 Å². The fourth-order valence-corrected chi connectivity index (χ4v) is 1.88. The standard InChI is InChI=1S/C15H20F3NO2/c1-3-21-14(20)12-6-8-13(9-7-12)19-11(2)5-4-10-15(16,17)18/h6-9,11,19H,3-5,10H2,1-2H3. The summed E-state index contributed by atoms with van der Waals surface area (Å²) in [6.45, 7) is 3.88. The van der Waals surface area contributed by atoms with Gasteiger partial charge in [-0.25, -0.2) is 4.79 Å². The summed E-state index contributed by atoms with van der Waals surface area (Å²) in [4.78, 5) is 11.5. The fraction of sp³-hybridized carbons (Fsp3) is 0.533. The molecule has 1 atom stereocenters. The molecule has 1 aromatic carbocycles. The average Bonchev–Trinajstić information content (AvgIpc) is 2.38. The Morgan fingerprint density at radius 2 is 1.90 bits per heavy atom. The van der Waals surface area contributed by atoms with Gasteiger partial charge in [-0.3, -0.25) is 0 Å². The topological polar surface area (TPSA) is 38.3 Å². The number of nitrogens with one attached hydrogen (secondary N) is 1. The van der Waals surface area contributed by atoms with E-state index >= 15 is 0 Å². The van der Waals surface area contributed by atoms with Gasteiger partial charge in [-0.15, -0.1) is 0 Å². The number of alkyl halides is 3. The zero-order valence-electron chi connectivity index (χ0n) is 12.2. The largest absolute Gasteiger partial charge is 0.462 e. The molecule has 1 rings (SSSR count). The maximum absolute atomic E-state index is 12.1. The smallest absolute Gasteiger partial charge is 0.389 e. The molecule has 0 aromatic heterocycles. The number of carbonyl (C=O) groups excluding carboxylic acids is 1. The molecular formula is C15H20F3NO2. The van der Waals surface area contributed by atoms with Gasteiger partial charge in [-0.2, -0.15) is 13.2 Å². The van der Waals surface area contributed by atoms with Crippen molar-refractivity contribution in [2.45, 2.75) is 45.3 Å². The molecule has 0 aliphatic rings. The SMILES string of the molecule is CCOC(=O)c1ccc(NC(C)CCCC(F)(F)F)cc1. The molecule has 0 radical (unpaired) electrons. The quantitative estimate of drug-likeness (QED) is 0.759. The van der Waals surface area contributed by atoms with Gasteiger partial charge in [0.1, 0.15) is 0 Å². The number of halogens is 3. The minimum absolute atomic E-state index is 0.0687. The lowest BCUT2D eigenvalue weighted by Crippen LogP contribution is -2.16. The van der Waals surface area contributed by atoms with Gasteiger partial charge in [0.2, 0.25) is 0 Å². The number of carbonyl (C=O) groups is 1. The molecule has 0 aliphatic carbocycles. The van der Waals surface area contributed by atoms with Gasteiger partial charge in [-0.05, 0) is 51.0 Å². The van der Waals surface area contributed by atoms with E-state index in [1.54, 1.807) is 31.2 Å². The molecule has 1 N–H and O–H groups in total. The second-order valence-corrected chi connectivity index (χ2v) is 4.85. The molecule has 3 nitrogen and oxygen atoms in total. The molecule has 0 spiro atoms. The summed E-state index contributed by atoms with van der Waals surface area (Å²) in [5.41, 5.74) is 1.22. The van der Waals surface area contributed by atoms with Crippen molar-refractivity contribution in [2.75, 3.05) is 11.9 Å². The lowest BCUT2D eigenvalue weighted by molar-refractivity contribution is -0.135. The summed E-state index contributed by atoms with van der Waals surface area (Å²) < 4.78 is 41.0. The van der Waals surface area contributed by atoms with Crippen molar-refractivity contribution < 1.29 is 22.7 Å². The van der Waals surface area contributed by atoms with Crippen LogP contribution in [0.4, 0.5) is 18.9 Å². The maximum atomic E-state index is 12.1. The molecule has 6 heteroatoms. The first-order chi connectivity index (χ1) is 9.81. The Labute approximate surface area is 122 Å². The zero-order valence-corrected chi connectivity index (χ0v) is 12.2. The number of hydrogen-bond donors (Lipinski definition) is 1. The van der Waals surface area contributed by atoms with Crippen LogP contribution in [-0.2, 0) is 4.74 Å². The number of anilines is 1. The molecule has 0 saturated heterocycles. The van der Waals surface area contributed by atoms with Gasteiger partial charge in [-0.1, -0.05) is 0 Å². The summed E-state index contributed by atoms with van der Waals surface area (Å²) in [5, 5.41) is 3.11. The number of ether oxygens (including phenoxy) is 1. The van der Waals surface area contributed by atoms with Crippen molar-refractivity contribution in [3.05, 3.63) is 29.8 Å². The highest BCUT2D eigenvalue weighted by Crippen LogP contribution is 2.23. The van der Waals surface area contributed by atoms with E-state index in [0.717, 1.165) is 5.69 Å².